The summed E-state index contributed by atoms with van der Waals surface area (Å²) in [5, 5.41) is 21.8. The molecular formula is C21H18N2O4. The fourth-order valence-electron chi connectivity index (χ4n) is 2.84. The number of amides is 2. The third-order valence-corrected chi connectivity index (χ3v) is 4.22. The first-order valence-corrected chi connectivity index (χ1v) is 8.25. The minimum absolute atomic E-state index is 0.00314. The Labute approximate surface area is 156 Å². The van der Waals surface area contributed by atoms with E-state index in [9.17, 15) is 14.7 Å². The predicted molar refractivity (Wildman–Crippen MR) is 102 cm³/mol. The van der Waals surface area contributed by atoms with E-state index in [2.05, 4.69) is 5.32 Å². The Morgan fingerprint density at radius 2 is 1.33 bits per heavy atom. The molecule has 0 saturated carbocycles. The summed E-state index contributed by atoms with van der Waals surface area (Å²) in [5.41, 5.74) is 4.16. The highest BCUT2D eigenvalue weighted by molar-refractivity contribution is 6.11. The first-order valence-electron chi connectivity index (χ1n) is 8.25. The summed E-state index contributed by atoms with van der Waals surface area (Å²) in [5.74, 6) is -1.09. The molecule has 0 heterocycles. The molecule has 0 aromatic heterocycles. The fourth-order valence-corrected chi connectivity index (χ4v) is 2.84. The number of hydrogen-bond acceptors (Lipinski definition) is 4. The summed E-state index contributed by atoms with van der Waals surface area (Å²) in [6, 6.07) is 18.6. The largest absolute Gasteiger partial charge is 0.505 e. The van der Waals surface area contributed by atoms with E-state index in [0.717, 1.165) is 0 Å². The van der Waals surface area contributed by atoms with E-state index in [0.29, 0.717) is 27.9 Å². The van der Waals surface area contributed by atoms with E-state index < -0.39 is 11.8 Å². The average molecular weight is 362 g/mol. The van der Waals surface area contributed by atoms with E-state index in [1.165, 1.54) is 0 Å². The number of hydroxylamine groups is 1. The van der Waals surface area contributed by atoms with Gasteiger partial charge in [0.25, 0.3) is 11.8 Å². The third kappa shape index (κ3) is 3.65. The second kappa shape index (κ2) is 7.72. The molecule has 0 unspecified atom stereocenters. The Bertz CT molecular complexity index is 1010. The van der Waals surface area contributed by atoms with E-state index in [1.54, 1.807) is 79.1 Å². The number of hydrogen-bond donors (Lipinski definition) is 4. The van der Waals surface area contributed by atoms with Crippen LogP contribution in [-0.4, -0.2) is 22.1 Å². The molecule has 6 heteroatoms. The zero-order chi connectivity index (χ0) is 19.4. The summed E-state index contributed by atoms with van der Waals surface area (Å²) in [6.45, 7) is 1.74. The molecule has 136 valence electrons. The van der Waals surface area contributed by atoms with Crippen molar-refractivity contribution in [3.05, 3.63) is 83.4 Å². The molecule has 0 aliphatic heterocycles. The van der Waals surface area contributed by atoms with Crippen LogP contribution in [0.25, 0.3) is 11.1 Å². The number of phenolic OH excluding ortho intramolecular Hbond substituents is 1. The van der Waals surface area contributed by atoms with E-state index in [4.69, 9.17) is 5.21 Å². The van der Waals surface area contributed by atoms with Gasteiger partial charge in [0.15, 0.2) is 0 Å². The molecule has 0 spiro atoms. The average Bonchev–Trinajstić information content (AvgIpc) is 2.70. The van der Waals surface area contributed by atoms with Crippen LogP contribution in [0.15, 0.2) is 66.7 Å². The van der Waals surface area contributed by atoms with Crippen molar-refractivity contribution in [2.24, 2.45) is 0 Å². The maximum atomic E-state index is 12.9. The molecule has 0 fully saturated rings. The van der Waals surface area contributed by atoms with Gasteiger partial charge in [0.1, 0.15) is 5.75 Å². The third-order valence-electron chi connectivity index (χ3n) is 4.22. The molecule has 0 bridgehead atoms. The minimum Gasteiger partial charge on any atom is -0.505 e. The van der Waals surface area contributed by atoms with Gasteiger partial charge in [-0.2, -0.15) is 0 Å². The number of benzene rings is 3. The lowest BCUT2D eigenvalue weighted by Gasteiger charge is -2.14. The summed E-state index contributed by atoms with van der Waals surface area (Å²) < 4.78 is 0. The predicted octanol–water partition coefficient (Wildman–Crippen LogP) is 3.74. The molecule has 2 amide bonds. The molecule has 0 aliphatic carbocycles. The van der Waals surface area contributed by atoms with Gasteiger partial charge in [0.2, 0.25) is 0 Å². The molecule has 27 heavy (non-hydrogen) atoms. The minimum atomic E-state index is -0.669. The van der Waals surface area contributed by atoms with Crippen molar-refractivity contribution in [3.63, 3.8) is 0 Å². The fraction of sp³-hybridized carbons (Fsp3) is 0.0476. The Hall–Kier alpha value is -3.64. The van der Waals surface area contributed by atoms with Crippen molar-refractivity contribution in [2.45, 2.75) is 6.92 Å². The van der Waals surface area contributed by atoms with Crippen LogP contribution in [0.4, 0.5) is 5.69 Å². The zero-order valence-corrected chi connectivity index (χ0v) is 14.6. The molecule has 3 rings (SSSR count). The van der Waals surface area contributed by atoms with Gasteiger partial charge in [-0.1, -0.05) is 48.5 Å². The van der Waals surface area contributed by atoms with Crippen molar-refractivity contribution in [3.8, 4) is 16.9 Å². The SMILES string of the molecule is Cc1cccc(NC(=O)c2ccccc2-c2ccccc2C(=O)NO)c1O. The van der Waals surface area contributed by atoms with Crippen LogP contribution in [0.3, 0.4) is 0 Å². The van der Waals surface area contributed by atoms with Gasteiger partial charge in [0, 0.05) is 11.1 Å². The summed E-state index contributed by atoms with van der Waals surface area (Å²) in [4.78, 5) is 24.8. The summed E-state index contributed by atoms with van der Waals surface area (Å²) >= 11 is 0. The molecule has 4 N–H and O–H groups in total. The lowest BCUT2D eigenvalue weighted by molar-refractivity contribution is 0.0707. The van der Waals surface area contributed by atoms with Crippen LogP contribution in [0, 0.1) is 6.92 Å². The maximum absolute atomic E-state index is 12.9. The number of para-hydroxylation sites is 1. The van der Waals surface area contributed by atoms with Crippen molar-refractivity contribution in [1.29, 1.82) is 0 Å². The van der Waals surface area contributed by atoms with Crippen molar-refractivity contribution >= 4 is 17.5 Å². The van der Waals surface area contributed by atoms with E-state index in [-0.39, 0.29) is 11.3 Å². The molecule has 3 aromatic rings. The van der Waals surface area contributed by atoms with Crippen molar-refractivity contribution in [1.82, 2.24) is 5.48 Å². The topological polar surface area (TPSA) is 98.7 Å². The second-order valence-electron chi connectivity index (χ2n) is 5.96. The molecule has 0 radical (unpaired) electrons. The quantitative estimate of drug-likeness (QED) is 0.323. The van der Waals surface area contributed by atoms with Gasteiger partial charge in [-0.05, 0) is 41.8 Å². The van der Waals surface area contributed by atoms with Crippen LogP contribution in [0.1, 0.15) is 26.3 Å². The van der Waals surface area contributed by atoms with Crippen LogP contribution in [-0.2, 0) is 0 Å². The van der Waals surface area contributed by atoms with Crippen LogP contribution < -0.4 is 10.8 Å². The molecule has 6 nitrogen and oxygen atoms in total. The molecule has 0 saturated heterocycles. The van der Waals surface area contributed by atoms with Gasteiger partial charge in [-0.15, -0.1) is 0 Å². The van der Waals surface area contributed by atoms with Crippen LogP contribution >= 0.6 is 0 Å². The number of aryl methyl sites for hydroxylation is 1. The Morgan fingerprint density at radius 1 is 0.778 bits per heavy atom. The number of carbonyl (C=O) groups excluding carboxylic acids is 2. The highest BCUT2D eigenvalue weighted by Crippen LogP contribution is 2.30. The summed E-state index contributed by atoms with van der Waals surface area (Å²) in [7, 11) is 0. The van der Waals surface area contributed by atoms with Crippen molar-refractivity contribution in [2.75, 3.05) is 5.32 Å². The van der Waals surface area contributed by atoms with Gasteiger partial charge in [-0.25, -0.2) is 5.48 Å². The lowest BCUT2D eigenvalue weighted by atomic mass is 9.94. The second-order valence-corrected chi connectivity index (χ2v) is 5.96. The maximum Gasteiger partial charge on any atom is 0.275 e. The number of rotatable bonds is 4. The highest BCUT2D eigenvalue weighted by atomic mass is 16.5. The monoisotopic (exact) mass is 362 g/mol. The van der Waals surface area contributed by atoms with Gasteiger partial charge < -0.3 is 10.4 Å². The van der Waals surface area contributed by atoms with Crippen LogP contribution in [0.2, 0.25) is 0 Å². The number of phenols is 1. The normalized spacial score (nSPS) is 10.3. The zero-order valence-electron chi connectivity index (χ0n) is 14.6. The molecular weight excluding hydrogens is 344 g/mol. The lowest BCUT2D eigenvalue weighted by Crippen LogP contribution is -2.20. The number of anilines is 1. The molecule has 0 atom stereocenters. The first-order chi connectivity index (χ1) is 13.0. The first kappa shape index (κ1) is 18.2. The summed E-state index contributed by atoms with van der Waals surface area (Å²) in [6.07, 6.45) is 0. The Kier molecular flexibility index (Phi) is 5.19. The van der Waals surface area contributed by atoms with Crippen molar-refractivity contribution < 1.29 is 19.9 Å². The standard InChI is InChI=1S/C21H18N2O4/c1-13-7-6-12-18(19(13)24)22-20(25)16-10-4-2-8-14(16)15-9-3-5-11-17(15)21(26)23-27/h2-12,24,27H,1H3,(H,22,25)(H,23,26). The van der Waals surface area contributed by atoms with Gasteiger partial charge in [-0.3, -0.25) is 14.8 Å². The van der Waals surface area contributed by atoms with Gasteiger partial charge >= 0.3 is 0 Å². The number of carbonyl (C=O) groups is 2. The smallest absolute Gasteiger partial charge is 0.275 e. The van der Waals surface area contributed by atoms with E-state index >= 15 is 0 Å². The highest BCUT2D eigenvalue weighted by Gasteiger charge is 2.18. The van der Waals surface area contributed by atoms with Crippen LogP contribution in [0.5, 0.6) is 5.75 Å². The van der Waals surface area contributed by atoms with Gasteiger partial charge in [0.05, 0.1) is 5.69 Å². The Morgan fingerprint density at radius 3 is 1.93 bits per heavy atom. The molecule has 0 aliphatic rings. The molecule has 3 aromatic carbocycles. The van der Waals surface area contributed by atoms with E-state index in [1.807, 2.05) is 0 Å². The number of nitrogens with one attached hydrogen (secondary N) is 2. The number of aromatic hydroxyl groups is 1. The Balaban J connectivity index is 2.04.